The molecule has 0 spiro atoms. The highest BCUT2D eigenvalue weighted by molar-refractivity contribution is 7.90. The van der Waals surface area contributed by atoms with Gasteiger partial charge in [-0.05, 0) is 43.2 Å². The molecular formula is C19H18N4O4S. The second kappa shape index (κ2) is 6.84. The van der Waals surface area contributed by atoms with Crippen molar-refractivity contribution in [3.63, 3.8) is 0 Å². The first-order valence-electron chi connectivity index (χ1n) is 8.66. The zero-order valence-corrected chi connectivity index (χ0v) is 15.9. The van der Waals surface area contributed by atoms with Gasteiger partial charge in [0.25, 0.3) is 0 Å². The minimum Gasteiger partial charge on any atom is -0.505 e. The van der Waals surface area contributed by atoms with Crippen molar-refractivity contribution in [2.24, 2.45) is 0 Å². The van der Waals surface area contributed by atoms with E-state index < -0.39 is 9.84 Å². The Kier molecular flexibility index (Phi) is 4.48. The van der Waals surface area contributed by atoms with Crippen LogP contribution in [-0.4, -0.2) is 51.5 Å². The Morgan fingerprint density at radius 1 is 1.04 bits per heavy atom. The van der Waals surface area contributed by atoms with Gasteiger partial charge in [-0.25, -0.2) is 8.42 Å². The lowest BCUT2D eigenvalue weighted by Gasteiger charge is -2.09. The number of sulfone groups is 1. The van der Waals surface area contributed by atoms with Gasteiger partial charge in [0.2, 0.25) is 0 Å². The number of hydrogen-bond donors (Lipinski definition) is 2. The zero-order chi connectivity index (χ0) is 19.9. The topological polar surface area (TPSA) is 118 Å². The lowest BCUT2D eigenvalue weighted by Crippen LogP contribution is -2.00. The number of aliphatic hydroxyl groups excluding tert-OH is 1. The molecule has 9 heteroatoms. The average Bonchev–Trinajstić information content (AvgIpc) is 3.09. The van der Waals surface area contributed by atoms with E-state index >= 15 is 0 Å². The van der Waals surface area contributed by atoms with E-state index in [0.29, 0.717) is 34.9 Å². The van der Waals surface area contributed by atoms with Crippen LogP contribution in [0.4, 0.5) is 0 Å². The van der Waals surface area contributed by atoms with Crippen LogP contribution in [0.2, 0.25) is 0 Å². The third-order valence-electron chi connectivity index (χ3n) is 4.55. The molecule has 144 valence electrons. The lowest BCUT2D eigenvalue weighted by molar-refractivity contribution is 0.288. The Morgan fingerprint density at radius 2 is 1.82 bits per heavy atom. The summed E-state index contributed by atoms with van der Waals surface area (Å²) in [6.07, 6.45) is 3.94. The average molecular weight is 398 g/mol. The summed E-state index contributed by atoms with van der Waals surface area (Å²) in [6, 6.07) is 9.77. The maximum Gasteiger partial charge on any atom is 0.175 e. The molecule has 0 unspecified atom stereocenters. The van der Waals surface area contributed by atoms with Crippen molar-refractivity contribution in [2.75, 3.05) is 12.9 Å². The second-order valence-corrected chi connectivity index (χ2v) is 8.54. The van der Waals surface area contributed by atoms with Crippen molar-refractivity contribution in [1.29, 1.82) is 0 Å². The Morgan fingerprint density at radius 3 is 2.57 bits per heavy atom. The van der Waals surface area contributed by atoms with Crippen molar-refractivity contribution in [2.45, 2.75) is 17.7 Å². The van der Waals surface area contributed by atoms with Gasteiger partial charge in [-0.15, -0.1) is 15.0 Å². The molecule has 4 aromatic rings. The van der Waals surface area contributed by atoms with E-state index in [1.54, 1.807) is 24.4 Å². The first-order chi connectivity index (χ1) is 13.4. The number of fused-ring (bicyclic) bond motifs is 2. The molecular weight excluding hydrogens is 380 g/mol. The molecule has 0 aliphatic carbocycles. The quantitative estimate of drug-likeness (QED) is 0.528. The predicted molar refractivity (Wildman–Crippen MR) is 104 cm³/mol. The number of aryl methyl sites for hydroxylation is 1. The molecule has 0 saturated carbocycles. The van der Waals surface area contributed by atoms with E-state index in [4.69, 9.17) is 5.11 Å². The van der Waals surface area contributed by atoms with Crippen molar-refractivity contribution >= 4 is 31.6 Å². The highest BCUT2D eigenvalue weighted by Crippen LogP contribution is 2.32. The van der Waals surface area contributed by atoms with Crippen LogP contribution in [0.1, 0.15) is 12.1 Å². The van der Waals surface area contributed by atoms with Gasteiger partial charge in [-0.2, -0.15) is 0 Å². The Balaban J connectivity index is 1.84. The van der Waals surface area contributed by atoms with Crippen molar-refractivity contribution < 1.29 is 18.6 Å². The normalized spacial score (nSPS) is 12.1. The fraction of sp³-hybridized carbons (Fsp3) is 0.211. The molecule has 28 heavy (non-hydrogen) atoms. The molecule has 2 aromatic heterocycles. The SMILES string of the molecule is CS(=O)(=O)c1ccc2nn(-c3ccc4c(CCCO)nccc4c3O)nc2c1. The van der Waals surface area contributed by atoms with Gasteiger partial charge in [0, 0.05) is 35.5 Å². The van der Waals surface area contributed by atoms with Crippen molar-refractivity contribution in [3.05, 3.63) is 48.3 Å². The summed E-state index contributed by atoms with van der Waals surface area (Å²) >= 11 is 0. The predicted octanol–water partition coefficient (Wildman–Crippen LogP) is 2.00. The number of phenolic OH excluding ortho intramolecular Hbond substituents is 1. The summed E-state index contributed by atoms with van der Waals surface area (Å²) in [5.74, 6) is 0.00814. The van der Waals surface area contributed by atoms with Gasteiger partial charge in [-0.3, -0.25) is 4.98 Å². The van der Waals surface area contributed by atoms with Gasteiger partial charge in [0.1, 0.15) is 16.7 Å². The smallest absolute Gasteiger partial charge is 0.175 e. The first-order valence-corrected chi connectivity index (χ1v) is 10.6. The molecule has 0 aliphatic heterocycles. The molecule has 4 rings (SSSR count). The van der Waals surface area contributed by atoms with E-state index in [1.807, 2.05) is 6.07 Å². The lowest BCUT2D eigenvalue weighted by atomic mass is 10.1. The van der Waals surface area contributed by atoms with Gasteiger partial charge in [0.05, 0.1) is 4.90 Å². The number of aromatic nitrogens is 4. The van der Waals surface area contributed by atoms with Gasteiger partial charge >= 0.3 is 0 Å². The third kappa shape index (κ3) is 3.19. The van der Waals surface area contributed by atoms with Crippen molar-refractivity contribution in [1.82, 2.24) is 20.0 Å². The Labute approximate surface area is 161 Å². The molecule has 0 amide bonds. The van der Waals surface area contributed by atoms with Gasteiger partial charge < -0.3 is 10.2 Å². The number of nitrogens with zero attached hydrogens (tertiary/aromatic N) is 4. The maximum absolute atomic E-state index is 11.7. The van der Waals surface area contributed by atoms with Crippen LogP contribution < -0.4 is 0 Å². The molecule has 0 aliphatic rings. The minimum atomic E-state index is -3.35. The third-order valence-corrected chi connectivity index (χ3v) is 5.66. The van der Waals surface area contributed by atoms with E-state index in [9.17, 15) is 13.5 Å². The van der Waals surface area contributed by atoms with Crippen LogP contribution in [0.15, 0.2) is 47.5 Å². The summed E-state index contributed by atoms with van der Waals surface area (Å²) in [5, 5.41) is 29.9. The van der Waals surface area contributed by atoms with Crippen LogP contribution in [0.3, 0.4) is 0 Å². The summed E-state index contributed by atoms with van der Waals surface area (Å²) < 4.78 is 23.5. The summed E-state index contributed by atoms with van der Waals surface area (Å²) in [7, 11) is -3.35. The number of pyridine rings is 1. The van der Waals surface area contributed by atoms with Gasteiger partial charge in [0.15, 0.2) is 15.6 Å². The van der Waals surface area contributed by atoms with Gasteiger partial charge in [-0.1, -0.05) is 6.07 Å². The van der Waals surface area contributed by atoms with Crippen LogP contribution in [0.5, 0.6) is 5.75 Å². The minimum absolute atomic E-state index is 0.00814. The first kappa shape index (κ1) is 18.3. The molecule has 0 bridgehead atoms. The molecule has 2 N–H and O–H groups in total. The molecule has 2 heterocycles. The van der Waals surface area contributed by atoms with E-state index in [1.165, 1.54) is 16.9 Å². The maximum atomic E-state index is 11.7. The fourth-order valence-corrected chi connectivity index (χ4v) is 3.77. The van der Waals surface area contributed by atoms with Crippen LogP contribution >= 0.6 is 0 Å². The van der Waals surface area contributed by atoms with Crippen LogP contribution in [-0.2, 0) is 16.3 Å². The molecule has 0 atom stereocenters. The zero-order valence-electron chi connectivity index (χ0n) is 15.1. The number of rotatable bonds is 5. The molecule has 0 fully saturated rings. The summed E-state index contributed by atoms with van der Waals surface area (Å²) in [4.78, 5) is 5.79. The van der Waals surface area contributed by atoms with Crippen LogP contribution in [0, 0.1) is 0 Å². The van der Waals surface area contributed by atoms with E-state index in [2.05, 4.69) is 15.2 Å². The standard InChI is InChI=1S/C19H18N4O4S/c1-28(26,27)12-4-6-16-17(11-12)22-23(21-16)18-7-5-13-14(19(18)25)8-9-20-15(13)3-2-10-24/h4-9,11,24-25H,2-3,10H2,1H3. The molecule has 8 nitrogen and oxygen atoms in total. The van der Waals surface area contributed by atoms with Crippen molar-refractivity contribution in [3.8, 4) is 11.4 Å². The number of aliphatic hydroxyl groups is 1. The highest BCUT2D eigenvalue weighted by atomic mass is 32.2. The number of benzene rings is 2. The molecule has 0 radical (unpaired) electrons. The van der Waals surface area contributed by atoms with Crippen LogP contribution in [0.25, 0.3) is 27.5 Å². The Bertz CT molecular complexity index is 1300. The molecule has 0 saturated heterocycles. The highest BCUT2D eigenvalue weighted by Gasteiger charge is 2.15. The molecule has 2 aromatic carbocycles. The largest absolute Gasteiger partial charge is 0.505 e. The number of aromatic hydroxyl groups is 1. The Hall–Kier alpha value is -3.04. The number of hydrogen-bond acceptors (Lipinski definition) is 7. The van der Waals surface area contributed by atoms with E-state index in [0.717, 1.165) is 17.3 Å². The van der Waals surface area contributed by atoms with E-state index in [-0.39, 0.29) is 17.3 Å². The summed E-state index contributed by atoms with van der Waals surface area (Å²) in [6.45, 7) is 0.0708. The fourth-order valence-electron chi connectivity index (χ4n) is 3.13. The number of phenols is 1. The monoisotopic (exact) mass is 398 g/mol. The summed E-state index contributed by atoms with van der Waals surface area (Å²) in [5.41, 5.74) is 2.11. The second-order valence-electron chi connectivity index (χ2n) is 6.53.